The summed E-state index contributed by atoms with van der Waals surface area (Å²) in [6, 6.07) is 14.1. The normalized spacial score (nSPS) is 11.1. The number of rotatable bonds is 1. The maximum Gasteiger partial charge on any atom is 0.124 e. The van der Waals surface area contributed by atoms with E-state index in [1.807, 2.05) is 24.3 Å². The SMILES string of the molecule is Oc1ccc2ncccc2c1-c1c(O)ccc2ncccc12. The van der Waals surface area contributed by atoms with Crippen molar-refractivity contribution in [2.24, 2.45) is 0 Å². The van der Waals surface area contributed by atoms with Crippen LogP contribution in [0.3, 0.4) is 0 Å². The van der Waals surface area contributed by atoms with Crippen molar-refractivity contribution in [3.8, 4) is 22.6 Å². The van der Waals surface area contributed by atoms with E-state index in [0.717, 1.165) is 21.8 Å². The zero-order valence-corrected chi connectivity index (χ0v) is 11.6. The molecule has 0 aliphatic carbocycles. The van der Waals surface area contributed by atoms with Gasteiger partial charge in [-0.25, -0.2) is 0 Å². The number of phenolic OH excluding ortho intramolecular Hbond substituents is 2. The number of benzene rings is 2. The molecule has 0 atom stereocenters. The molecule has 0 radical (unpaired) electrons. The lowest BCUT2D eigenvalue weighted by Gasteiger charge is -2.13. The highest BCUT2D eigenvalue weighted by Crippen LogP contribution is 2.43. The van der Waals surface area contributed by atoms with E-state index in [0.29, 0.717) is 11.1 Å². The van der Waals surface area contributed by atoms with E-state index in [-0.39, 0.29) is 11.5 Å². The van der Waals surface area contributed by atoms with Gasteiger partial charge in [0.05, 0.1) is 11.0 Å². The third-order valence-corrected chi connectivity index (χ3v) is 3.78. The fourth-order valence-corrected chi connectivity index (χ4v) is 2.81. The van der Waals surface area contributed by atoms with E-state index in [4.69, 9.17) is 0 Å². The summed E-state index contributed by atoms with van der Waals surface area (Å²) in [5.41, 5.74) is 2.66. The van der Waals surface area contributed by atoms with Crippen LogP contribution in [-0.2, 0) is 0 Å². The second-order valence-electron chi connectivity index (χ2n) is 5.06. The predicted molar refractivity (Wildman–Crippen MR) is 85.8 cm³/mol. The van der Waals surface area contributed by atoms with Crippen LogP contribution in [0.5, 0.6) is 11.5 Å². The van der Waals surface area contributed by atoms with Crippen LogP contribution >= 0.6 is 0 Å². The van der Waals surface area contributed by atoms with Crippen LogP contribution in [0.25, 0.3) is 32.9 Å². The van der Waals surface area contributed by atoms with Gasteiger partial charge in [0.25, 0.3) is 0 Å². The highest BCUT2D eigenvalue weighted by molar-refractivity contribution is 6.07. The third kappa shape index (κ3) is 1.78. The van der Waals surface area contributed by atoms with Gasteiger partial charge >= 0.3 is 0 Å². The van der Waals surface area contributed by atoms with Gasteiger partial charge in [-0.1, -0.05) is 12.1 Å². The van der Waals surface area contributed by atoms with Gasteiger partial charge in [0.1, 0.15) is 11.5 Å². The Labute approximate surface area is 126 Å². The maximum atomic E-state index is 10.4. The minimum Gasteiger partial charge on any atom is -0.507 e. The van der Waals surface area contributed by atoms with Crippen LogP contribution in [0, 0.1) is 0 Å². The van der Waals surface area contributed by atoms with Crippen molar-refractivity contribution in [3.05, 3.63) is 60.9 Å². The second kappa shape index (κ2) is 4.70. The summed E-state index contributed by atoms with van der Waals surface area (Å²) in [4.78, 5) is 8.62. The van der Waals surface area contributed by atoms with Crippen molar-refractivity contribution in [2.75, 3.05) is 0 Å². The Hall–Kier alpha value is -3.14. The molecule has 0 bridgehead atoms. The first kappa shape index (κ1) is 12.6. The Bertz CT molecular complexity index is 929. The van der Waals surface area contributed by atoms with E-state index in [9.17, 15) is 10.2 Å². The Kier molecular flexibility index (Phi) is 2.69. The second-order valence-corrected chi connectivity index (χ2v) is 5.06. The molecule has 4 nitrogen and oxygen atoms in total. The van der Waals surface area contributed by atoms with Crippen LogP contribution in [0.4, 0.5) is 0 Å². The molecule has 2 N–H and O–H groups in total. The van der Waals surface area contributed by atoms with Gasteiger partial charge in [-0.15, -0.1) is 0 Å². The largest absolute Gasteiger partial charge is 0.507 e. The number of aromatic nitrogens is 2. The molecular weight excluding hydrogens is 276 g/mol. The summed E-state index contributed by atoms with van der Waals surface area (Å²) in [6.07, 6.45) is 3.40. The van der Waals surface area contributed by atoms with Crippen molar-refractivity contribution >= 4 is 21.8 Å². The molecule has 2 heterocycles. The standard InChI is InChI=1S/C18H12N2O2/c21-15-7-5-13-11(3-1-9-19-13)17(15)18-12-4-2-10-20-14(12)6-8-16(18)22/h1-10,21-22H. The highest BCUT2D eigenvalue weighted by atomic mass is 16.3. The summed E-state index contributed by atoms with van der Waals surface area (Å²) in [7, 11) is 0. The number of nitrogens with zero attached hydrogens (tertiary/aromatic N) is 2. The van der Waals surface area contributed by atoms with Gasteiger partial charge in [0.15, 0.2) is 0 Å². The topological polar surface area (TPSA) is 66.2 Å². The minimum absolute atomic E-state index is 0.104. The lowest BCUT2D eigenvalue weighted by molar-refractivity contribution is 0.470. The molecule has 4 heteroatoms. The van der Waals surface area contributed by atoms with Crippen LogP contribution in [0.15, 0.2) is 60.9 Å². The predicted octanol–water partition coefficient (Wildman–Crippen LogP) is 3.86. The van der Waals surface area contributed by atoms with E-state index >= 15 is 0 Å². The van der Waals surface area contributed by atoms with E-state index < -0.39 is 0 Å². The summed E-state index contributed by atoms with van der Waals surface area (Å²) in [6.45, 7) is 0. The lowest BCUT2D eigenvalue weighted by atomic mass is 9.95. The molecule has 22 heavy (non-hydrogen) atoms. The lowest BCUT2D eigenvalue weighted by Crippen LogP contribution is -1.88. The molecule has 0 aliphatic rings. The first-order valence-electron chi connectivity index (χ1n) is 6.89. The van der Waals surface area contributed by atoms with Crippen LogP contribution in [0.2, 0.25) is 0 Å². The zero-order chi connectivity index (χ0) is 15.1. The summed E-state index contributed by atoms with van der Waals surface area (Å²) in [5, 5.41) is 22.3. The highest BCUT2D eigenvalue weighted by Gasteiger charge is 2.16. The molecule has 0 saturated carbocycles. The van der Waals surface area contributed by atoms with Crippen LogP contribution < -0.4 is 0 Å². The molecule has 106 valence electrons. The zero-order valence-electron chi connectivity index (χ0n) is 11.6. The van der Waals surface area contributed by atoms with Gasteiger partial charge in [-0.3, -0.25) is 9.97 Å². The Morgan fingerprint density at radius 3 is 1.50 bits per heavy atom. The Morgan fingerprint density at radius 2 is 1.05 bits per heavy atom. The average molecular weight is 288 g/mol. The number of hydrogen-bond acceptors (Lipinski definition) is 4. The van der Waals surface area contributed by atoms with E-state index in [1.165, 1.54) is 0 Å². The molecule has 0 unspecified atom stereocenters. The van der Waals surface area contributed by atoms with Crippen molar-refractivity contribution in [2.45, 2.75) is 0 Å². The van der Waals surface area contributed by atoms with E-state index in [1.54, 1.807) is 36.7 Å². The van der Waals surface area contributed by atoms with Crippen LogP contribution in [0.1, 0.15) is 0 Å². The van der Waals surface area contributed by atoms with Gasteiger partial charge < -0.3 is 10.2 Å². The number of aromatic hydroxyl groups is 2. The quantitative estimate of drug-likeness (QED) is 0.558. The van der Waals surface area contributed by atoms with Crippen LogP contribution in [-0.4, -0.2) is 20.2 Å². The molecule has 0 amide bonds. The molecule has 4 rings (SSSR count). The fraction of sp³-hybridized carbons (Fsp3) is 0. The first-order valence-corrected chi connectivity index (χ1v) is 6.89. The monoisotopic (exact) mass is 288 g/mol. The van der Waals surface area contributed by atoms with Gasteiger partial charge in [0, 0.05) is 34.3 Å². The summed E-state index contributed by atoms with van der Waals surface area (Å²) in [5.74, 6) is 0.208. The van der Waals surface area contributed by atoms with Crippen molar-refractivity contribution < 1.29 is 10.2 Å². The molecule has 0 saturated heterocycles. The molecule has 0 aliphatic heterocycles. The number of phenols is 2. The minimum atomic E-state index is 0.104. The molecule has 0 spiro atoms. The molecule has 4 aromatic rings. The van der Waals surface area contributed by atoms with Gasteiger partial charge in [0.2, 0.25) is 0 Å². The van der Waals surface area contributed by atoms with Crippen molar-refractivity contribution in [3.63, 3.8) is 0 Å². The van der Waals surface area contributed by atoms with Gasteiger partial charge in [-0.05, 0) is 36.4 Å². The van der Waals surface area contributed by atoms with Crippen molar-refractivity contribution in [1.29, 1.82) is 0 Å². The third-order valence-electron chi connectivity index (χ3n) is 3.78. The average Bonchev–Trinajstić information content (AvgIpc) is 2.56. The number of pyridine rings is 2. The summed E-state index contributed by atoms with van der Waals surface area (Å²) >= 11 is 0. The molecule has 0 fully saturated rings. The number of fused-ring (bicyclic) bond motifs is 2. The number of hydrogen-bond donors (Lipinski definition) is 2. The maximum absolute atomic E-state index is 10.4. The fourth-order valence-electron chi connectivity index (χ4n) is 2.81. The molecule has 2 aromatic carbocycles. The Balaban J connectivity index is 2.21. The summed E-state index contributed by atoms with van der Waals surface area (Å²) < 4.78 is 0. The van der Waals surface area contributed by atoms with Gasteiger partial charge in [-0.2, -0.15) is 0 Å². The van der Waals surface area contributed by atoms with E-state index in [2.05, 4.69) is 9.97 Å². The van der Waals surface area contributed by atoms with Crippen molar-refractivity contribution in [1.82, 2.24) is 9.97 Å². The molecular formula is C18H12N2O2. The molecule has 2 aromatic heterocycles. The first-order chi connectivity index (χ1) is 10.8. The smallest absolute Gasteiger partial charge is 0.124 e. The Morgan fingerprint density at radius 1 is 0.591 bits per heavy atom.